The lowest BCUT2D eigenvalue weighted by atomic mass is 9.87. The second kappa shape index (κ2) is 7.63. The Morgan fingerprint density at radius 1 is 1.38 bits per heavy atom. The van der Waals surface area contributed by atoms with Gasteiger partial charge in [-0.15, -0.1) is 0 Å². The Morgan fingerprint density at radius 2 is 2.06 bits per heavy atom. The minimum absolute atomic E-state index is 0.0872. The predicted octanol–water partition coefficient (Wildman–Crippen LogP) is 1.08. The molecule has 0 heterocycles. The quantitative estimate of drug-likeness (QED) is 0.528. The van der Waals surface area contributed by atoms with Gasteiger partial charge in [0.25, 0.3) is 0 Å². The van der Waals surface area contributed by atoms with Gasteiger partial charge >= 0.3 is 5.97 Å². The van der Waals surface area contributed by atoms with Crippen LogP contribution in [0.1, 0.15) is 39.0 Å². The molecule has 0 aromatic heterocycles. The summed E-state index contributed by atoms with van der Waals surface area (Å²) in [7, 11) is 0. The summed E-state index contributed by atoms with van der Waals surface area (Å²) in [5, 5.41) is 12.6. The second-order valence-electron chi connectivity index (χ2n) is 4.43. The Hall–Kier alpha value is -0.610. The lowest BCUT2D eigenvalue weighted by molar-refractivity contribution is -0.142. The van der Waals surface area contributed by atoms with Crippen LogP contribution >= 0.6 is 0 Å². The lowest BCUT2D eigenvalue weighted by Gasteiger charge is -2.25. The summed E-state index contributed by atoms with van der Waals surface area (Å²) >= 11 is 0. The van der Waals surface area contributed by atoms with E-state index in [2.05, 4.69) is 5.32 Å². The van der Waals surface area contributed by atoms with E-state index in [9.17, 15) is 9.90 Å². The van der Waals surface area contributed by atoms with Crippen molar-refractivity contribution in [2.75, 3.05) is 19.7 Å². The van der Waals surface area contributed by atoms with Crippen LogP contribution in [0, 0.1) is 5.92 Å². The molecule has 1 saturated carbocycles. The first-order valence-electron chi connectivity index (χ1n) is 6.26. The van der Waals surface area contributed by atoms with Crippen molar-refractivity contribution >= 4 is 5.97 Å². The molecule has 2 N–H and O–H groups in total. The average molecular weight is 229 g/mol. The van der Waals surface area contributed by atoms with Crippen LogP contribution < -0.4 is 5.32 Å². The number of ether oxygens (including phenoxy) is 1. The molecule has 1 aliphatic carbocycles. The van der Waals surface area contributed by atoms with Gasteiger partial charge in [-0.1, -0.05) is 0 Å². The zero-order valence-corrected chi connectivity index (χ0v) is 10.1. The third-order valence-electron chi connectivity index (χ3n) is 3.06. The van der Waals surface area contributed by atoms with Crippen LogP contribution in [0.2, 0.25) is 0 Å². The molecule has 0 amide bonds. The van der Waals surface area contributed by atoms with Crippen LogP contribution in [-0.4, -0.2) is 36.9 Å². The Morgan fingerprint density at radius 3 is 2.69 bits per heavy atom. The van der Waals surface area contributed by atoms with Crippen molar-refractivity contribution in [2.24, 2.45) is 5.92 Å². The molecule has 0 radical (unpaired) electrons. The van der Waals surface area contributed by atoms with Crippen LogP contribution in [-0.2, 0) is 9.53 Å². The maximum absolute atomic E-state index is 11.0. The fraction of sp³-hybridized carbons (Fsp3) is 0.917. The number of carbonyl (C=O) groups excluding carboxylic acids is 1. The Kier molecular flexibility index (Phi) is 6.42. The Bertz CT molecular complexity index is 200. The highest BCUT2D eigenvalue weighted by atomic mass is 16.5. The Balaban J connectivity index is 1.97. The van der Waals surface area contributed by atoms with Crippen molar-refractivity contribution in [1.29, 1.82) is 0 Å². The predicted molar refractivity (Wildman–Crippen MR) is 62.1 cm³/mol. The number of aliphatic hydroxyl groups is 1. The molecule has 16 heavy (non-hydrogen) atoms. The number of aliphatic hydroxyl groups excluding tert-OH is 1. The van der Waals surface area contributed by atoms with E-state index < -0.39 is 0 Å². The van der Waals surface area contributed by atoms with Crippen molar-refractivity contribution in [3.05, 3.63) is 0 Å². The molecule has 1 aliphatic rings. The number of hydrogen-bond donors (Lipinski definition) is 2. The van der Waals surface area contributed by atoms with E-state index in [0.29, 0.717) is 25.5 Å². The fourth-order valence-electron chi connectivity index (χ4n) is 2.08. The molecule has 0 bridgehead atoms. The zero-order valence-electron chi connectivity index (χ0n) is 10.1. The van der Waals surface area contributed by atoms with E-state index in [1.54, 1.807) is 0 Å². The van der Waals surface area contributed by atoms with Gasteiger partial charge in [0.2, 0.25) is 0 Å². The monoisotopic (exact) mass is 229 g/mol. The highest BCUT2D eigenvalue weighted by Gasteiger charge is 2.18. The molecule has 0 saturated heterocycles. The van der Waals surface area contributed by atoms with Gasteiger partial charge in [-0.05, 0) is 45.1 Å². The molecule has 1 fully saturated rings. The first-order chi connectivity index (χ1) is 7.72. The molecular formula is C12H23NO3. The van der Waals surface area contributed by atoms with Gasteiger partial charge in [-0.3, -0.25) is 4.79 Å². The first-order valence-corrected chi connectivity index (χ1v) is 6.26. The summed E-state index contributed by atoms with van der Waals surface area (Å²) in [6.45, 7) is 3.92. The molecule has 94 valence electrons. The average Bonchev–Trinajstić information content (AvgIpc) is 2.27. The molecule has 0 aromatic carbocycles. The molecule has 0 atom stereocenters. The molecule has 4 heteroatoms. The molecule has 0 aliphatic heterocycles. The van der Waals surface area contributed by atoms with Crippen LogP contribution in [0.4, 0.5) is 0 Å². The number of hydrogen-bond acceptors (Lipinski definition) is 4. The van der Waals surface area contributed by atoms with Crippen LogP contribution in [0.25, 0.3) is 0 Å². The molecular weight excluding hydrogens is 206 g/mol. The van der Waals surface area contributed by atoms with Crippen molar-refractivity contribution in [1.82, 2.24) is 5.32 Å². The lowest BCUT2D eigenvalue weighted by Crippen LogP contribution is -2.29. The van der Waals surface area contributed by atoms with Crippen LogP contribution in [0.5, 0.6) is 0 Å². The van der Waals surface area contributed by atoms with Crippen molar-refractivity contribution in [2.45, 2.75) is 45.1 Å². The van der Waals surface area contributed by atoms with E-state index in [4.69, 9.17) is 4.74 Å². The first kappa shape index (κ1) is 13.5. The van der Waals surface area contributed by atoms with Gasteiger partial charge in [0.15, 0.2) is 0 Å². The summed E-state index contributed by atoms with van der Waals surface area (Å²) in [6, 6.07) is 0. The van der Waals surface area contributed by atoms with E-state index in [1.807, 2.05) is 6.92 Å². The normalized spacial score (nSPS) is 25.4. The maximum atomic E-state index is 11.0. The van der Waals surface area contributed by atoms with Gasteiger partial charge in [0.1, 0.15) is 0 Å². The van der Waals surface area contributed by atoms with Gasteiger partial charge in [0.05, 0.1) is 19.1 Å². The van der Waals surface area contributed by atoms with Gasteiger partial charge in [-0.2, -0.15) is 0 Å². The zero-order chi connectivity index (χ0) is 11.8. The molecule has 4 nitrogen and oxygen atoms in total. The van der Waals surface area contributed by atoms with Crippen molar-refractivity contribution < 1.29 is 14.6 Å². The van der Waals surface area contributed by atoms with Crippen molar-refractivity contribution in [3.63, 3.8) is 0 Å². The SMILES string of the molecule is CCOC(=O)CCNCC1CCC(O)CC1. The number of rotatable bonds is 6. The summed E-state index contributed by atoms with van der Waals surface area (Å²) in [4.78, 5) is 11.0. The number of esters is 1. The topological polar surface area (TPSA) is 58.6 Å². The third-order valence-corrected chi connectivity index (χ3v) is 3.06. The van der Waals surface area contributed by atoms with Gasteiger partial charge < -0.3 is 15.2 Å². The Labute approximate surface area is 97.4 Å². The molecule has 0 aromatic rings. The number of nitrogens with one attached hydrogen (secondary N) is 1. The van der Waals surface area contributed by atoms with E-state index in [0.717, 1.165) is 32.2 Å². The summed E-state index contributed by atoms with van der Waals surface area (Å²) in [5.41, 5.74) is 0. The second-order valence-corrected chi connectivity index (χ2v) is 4.43. The van der Waals surface area contributed by atoms with Gasteiger partial charge in [-0.25, -0.2) is 0 Å². The van der Waals surface area contributed by atoms with Crippen molar-refractivity contribution in [3.8, 4) is 0 Å². The number of carbonyl (C=O) groups is 1. The highest BCUT2D eigenvalue weighted by molar-refractivity contribution is 5.69. The standard InChI is InChI=1S/C12H23NO3/c1-2-16-12(15)7-8-13-9-10-3-5-11(14)6-4-10/h10-11,13-14H,2-9H2,1H3. The minimum atomic E-state index is -0.130. The van der Waals surface area contributed by atoms with E-state index in [1.165, 1.54) is 0 Å². The smallest absolute Gasteiger partial charge is 0.307 e. The maximum Gasteiger partial charge on any atom is 0.307 e. The van der Waals surface area contributed by atoms with E-state index >= 15 is 0 Å². The third kappa shape index (κ3) is 5.47. The van der Waals surface area contributed by atoms with Crippen LogP contribution in [0.15, 0.2) is 0 Å². The largest absolute Gasteiger partial charge is 0.466 e. The summed E-state index contributed by atoms with van der Waals surface area (Å²) < 4.78 is 4.84. The van der Waals surface area contributed by atoms with E-state index in [-0.39, 0.29) is 12.1 Å². The summed E-state index contributed by atoms with van der Waals surface area (Å²) in [5.74, 6) is 0.527. The molecule has 1 rings (SSSR count). The highest BCUT2D eigenvalue weighted by Crippen LogP contribution is 2.23. The van der Waals surface area contributed by atoms with Crippen LogP contribution in [0.3, 0.4) is 0 Å². The summed E-state index contributed by atoms with van der Waals surface area (Å²) in [6.07, 6.45) is 4.38. The molecule has 0 spiro atoms. The van der Waals surface area contributed by atoms with Gasteiger partial charge in [0, 0.05) is 6.54 Å². The minimum Gasteiger partial charge on any atom is -0.466 e. The molecule has 0 unspecified atom stereocenters. The fourth-order valence-corrected chi connectivity index (χ4v) is 2.08.